The molecule has 1 N–H and O–H groups in total. The molecular formula is C16H19N3O2S. The maximum Gasteiger partial charge on any atom is 0.244 e. The summed E-state index contributed by atoms with van der Waals surface area (Å²) in [5.74, 6) is 0.638. The second-order valence-electron chi connectivity index (χ2n) is 4.89. The molecule has 22 heavy (non-hydrogen) atoms. The number of nitrogens with one attached hydrogen (secondary N) is 1. The van der Waals surface area contributed by atoms with Gasteiger partial charge in [-0.05, 0) is 26.8 Å². The van der Waals surface area contributed by atoms with E-state index in [0.717, 1.165) is 33.3 Å². The standard InChI is InChI=1S/C16H19N3O2S/c1-10-7-17-14(11(2)16(10)21-4)8-18-15(20)6-5-13-9-22-12(3)19-13/h5-7,9H,8H2,1-4H3,(H,18,20). The van der Waals surface area contributed by atoms with Crippen molar-refractivity contribution in [1.29, 1.82) is 0 Å². The first kappa shape index (κ1) is 16.2. The highest BCUT2D eigenvalue weighted by Gasteiger charge is 2.09. The molecule has 116 valence electrons. The molecule has 2 aromatic rings. The molecule has 0 saturated heterocycles. The maximum absolute atomic E-state index is 11.8. The third-order valence-corrected chi connectivity index (χ3v) is 4.01. The second-order valence-corrected chi connectivity index (χ2v) is 5.95. The quantitative estimate of drug-likeness (QED) is 0.861. The number of pyridine rings is 1. The number of aryl methyl sites for hydroxylation is 2. The minimum absolute atomic E-state index is 0.175. The molecule has 0 bridgehead atoms. The van der Waals surface area contributed by atoms with Gasteiger partial charge >= 0.3 is 0 Å². The van der Waals surface area contributed by atoms with Crippen molar-refractivity contribution < 1.29 is 9.53 Å². The lowest BCUT2D eigenvalue weighted by Gasteiger charge is -2.12. The second kappa shape index (κ2) is 7.17. The van der Waals surface area contributed by atoms with E-state index in [2.05, 4.69) is 15.3 Å². The largest absolute Gasteiger partial charge is 0.496 e. The SMILES string of the molecule is COc1c(C)cnc(CNC(=O)C=Cc2csc(C)n2)c1C. The molecule has 5 nitrogen and oxygen atoms in total. The first-order valence-corrected chi connectivity index (χ1v) is 7.76. The van der Waals surface area contributed by atoms with Crippen LogP contribution in [0.15, 0.2) is 17.7 Å². The molecule has 0 aliphatic carbocycles. The summed E-state index contributed by atoms with van der Waals surface area (Å²) in [6.07, 6.45) is 4.94. The Hall–Kier alpha value is -2.21. The van der Waals surface area contributed by atoms with Gasteiger partial charge in [-0.15, -0.1) is 11.3 Å². The molecule has 0 aromatic carbocycles. The van der Waals surface area contributed by atoms with E-state index in [1.54, 1.807) is 30.7 Å². The van der Waals surface area contributed by atoms with Gasteiger partial charge in [0.15, 0.2) is 0 Å². The summed E-state index contributed by atoms with van der Waals surface area (Å²) in [4.78, 5) is 20.5. The fourth-order valence-corrected chi connectivity index (χ4v) is 2.68. The van der Waals surface area contributed by atoms with Crippen LogP contribution in [0, 0.1) is 20.8 Å². The van der Waals surface area contributed by atoms with Crippen LogP contribution in [-0.2, 0) is 11.3 Å². The molecule has 0 aliphatic rings. The van der Waals surface area contributed by atoms with E-state index >= 15 is 0 Å². The summed E-state index contributed by atoms with van der Waals surface area (Å²) < 4.78 is 5.36. The molecule has 0 spiro atoms. The van der Waals surface area contributed by atoms with Gasteiger partial charge in [-0.2, -0.15) is 0 Å². The Kier molecular flexibility index (Phi) is 5.27. The highest BCUT2D eigenvalue weighted by Crippen LogP contribution is 2.23. The zero-order valence-corrected chi connectivity index (χ0v) is 14.0. The summed E-state index contributed by atoms with van der Waals surface area (Å²) in [7, 11) is 1.64. The minimum Gasteiger partial charge on any atom is -0.496 e. The van der Waals surface area contributed by atoms with E-state index in [1.807, 2.05) is 26.2 Å². The smallest absolute Gasteiger partial charge is 0.244 e. The van der Waals surface area contributed by atoms with Gasteiger partial charge in [0.1, 0.15) is 5.75 Å². The molecule has 0 radical (unpaired) electrons. The molecule has 0 unspecified atom stereocenters. The van der Waals surface area contributed by atoms with Crippen molar-refractivity contribution in [2.24, 2.45) is 0 Å². The van der Waals surface area contributed by atoms with Crippen LogP contribution in [0.5, 0.6) is 5.75 Å². The van der Waals surface area contributed by atoms with Crippen LogP contribution >= 0.6 is 11.3 Å². The Labute approximate surface area is 134 Å². The lowest BCUT2D eigenvalue weighted by molar-refractivity contribution is -0.116. The minimum atomic E-state index is -0.175. The third-order valence-electron chi connectivity index (χ3n) is 3.22. The van der Waals surface area contributed by atoms with E-state index in [1.165, 1.54) is 6.08 Å². The van der Waals surface area contributed by atoms with E-state index < -0.39 is 0 Å². The number of nitrogens with zero attached hydrogens (tertiary/aromatic N) is 2. The molecule has 0 aliphatic heterocycles. The summed E-state index contributed by atoms with van der Waals surface area (Å²) >= 11 is 1.56. The predicted octanol–water partition coefficient (Wildman–Crippen LogP) is 2.80. The molecule has 2 rings (SSSR count). The van der Waals surface area contributed by atoms with Gasteiger partial charge < -0.3 is 10.1 Å². The van der Waals surface area contributed by atoms with Crippen LogP contribution in [0.25, 0.3) is 6.08 Å². The zero-order chi connectivity index (χ0) is 16.1. The monoisotopic (exact) mass is 317 g/mol. The number of thiazole rings is 1. The third kappa shape index (κ3) is 3.92. The number of carbonyl (C=O) groups excluding carboxylic acids is 1. The topological polar surface area (TPSA) is 64.1 Å². The summed E-state index contributed by atoms with van der Waals surface area (Å²) in [5.41, 5.74) is 3.52. The molecular weight excluding hydrogens is 298 g/mol. The van der Waals surface area contributed by atoms with Gasteiger partial charge in [0.25, 0.3) is 0 Å². The van der Waals surface area contributed by atoms with Crippen molar-refractivity contribution in [1.82, 2.24) is 15.3 Å². The van der Waals surface area contributed by atoms with Gasteiger partial charge in [0.2, 0.25) is 5.91 Å². The number of ether oxygens (including phenoxy) is 1. The van der Waals surface area contributed by atoms with E-state index in [4.69, 9.17) is 4.74 Å². The zero-order valence-electron chi connectivity index (χ0n) is 13.1. The molecule has 0 atom stereocenters. The first-order chi connectivity index (χ1) is 10.5. The number of amides is 1. The summed E-state index contributed by atoms with van der Waals surface area (Å²) in [6.45, 7) is 6.18. The van der Waals surface area contributed by atoms with Crippen LogP contribution < -0.4 is 10.1 Å². The Morgan fingerprint density at radius 1 is 1.41 bits per heavy atom. The van der Waals surface area contributed by atoms with Gasteiger partial charge in [0.05, 0.1) is 30.1 Å². The van der Waals surface area contributed by atoms with Crippen LogP contribution in [0.3, 0.4) is 0 Å². The van der Waals surface area contributed by atoms with E-state index in [-0.39, 0.29) is 5.91 Å². The summed E-state index contributed by atoms with van der Waals surface area (Å²) in [5, 5.41) is 5.71. The molecule has 2 aromatic heterocycles. The average molecular weight is 317 g/mol. The number of rotatable bonds is 5. The Bertz CT molecular complexity index is 707. The van der Waals surface area contributed by atoms with Crippen molar-refractivity contribution >= 4 is 23.3 Å². The van der Waals surface area contributed by atoms with Crippen molar-refractivity contribution in [3.05, 3.63) is 45.2 Å². The number of aromatic nitrogens is 2. The highest BCUT2D eigenvalue weighted by atomic mass is 32.1. The fourth-order valence-electron chi connectivity index (χ4n) is 2.10. The first-order valence-electron chi connectivity index (χ1n) is 6.88. The van der Waals surface area contributed by atoms with Crippen molar-refractivity contribution in [2.45, 2.75) is 27.3 Å². The Morgan fingerprint density at radius 3 is 2.82 bits per heavy atom. The molecule has 1 amide bonds. The predicted molar refractivity (Wildman–Crippen MR) is 88.0 cm³/mol. The van der Waals surface area contributed by atoms with Gasteiger partial charge in [-0.1, -0.05) is 0 Å². The number of carbonyl (C=O) groups is 1. The normalized spacial score (nSPS) is 10.9. The van der Waals surface area contributed by atoms with Crippen LogP contribution in [-0.4, -0.2) is 23.0 Å². The number of hydrogen-bond acceptors (Lipinski definition) is 5. The van der Waals surface area contributed by atoms with Crippen LogP contribution in [0.1, 0.15) is 27.5 Å². The molecule has 6 heteroatoms. The maximum atomic E-state index is 11.8. The number of hydrogen-bond donors (Lipinski definition) is 1. The number of methoxy groups -OCH3 is 1. The van der Waals surface area contributed by atoms with E-state index in [9.17, 15) is 4.79 Å². The highest BCUT2D eigenvalue weighted by molar-refractivity contribution is 7.09. The Balaban J connectivity index is 1.98. The molecule has 0 fully saturated rings. The van der Waals surface area contributed by atoms with Crippen molar-refractivity contribution in [3.8, 4) is 5.75 Å². The van der Waals surface area contributed by atoms with Gasteiger partial charge in [-0.3, -0.25) is 9.78 Å². The lowest BCUT2D eigenvalue weighted by atomic mass is 10.1. The lowest BCUT2D eigenvalue weighted by Crippen LogP contribution is -2.21. The van der Waals surface area contributed by atoms with Gasteiger partial charge in [0, 0.05) is 28.8 Å². The van der Waals surface area contributed by atoms with Crippen molar-refractivity contribution in [2.75, 3.05) is 7.11 Å². The summed E-state index contributed by atoms with van der Waals surface area (Å²) in [6, 6.07) is 0. The molecule has 2 heterocycles. The fraction of sp³-hybridized carbons (Fsp3) is 0.312. The average Bonchev–Trinajstić information content (AvgIpc) is 2.90. The van der Waals surface area contributed by atoms with Crippen LogP contribution in [0.2, 0.25) is 0 Å². The van der Waals surface area contributed by atoms with Crippen LogP contribution in [0.4, 0.5) is 0 Å². The Morgan fingerprint density at radius 2 is 2.18 bits per heavy atom. The van der Waals surface area contributed by atoms with Gasteiger partial charge in [-0.25, -0.2) is 4.98 Å². The molecule has 0 saturated carbocycles. The van der Waals surface area contributed by atoms with Crippen molar-refractivity contribution in [3.63, 3.8) is 0 Å². The van der Waals surface area contributed by atoms with E-state index in [0.29, 0.717) is 6.54 Å².